The van der Waals surface area contributed by atoms with Crippen molar-refractivity contribution in [1.82, 2.24) is 4.90 Å². The molecule has 23 heavy (non-hydrogen) atoms. The van der Waals surface area contributed by atoms with Crippen LogP contribution in [-0.4, -0.2) is 31.2 Å². The zero-order chi connectivity index (χ0) is 16.2. The van der Waals surface area contributed by atoms with Gasteiger partial charge in [-0.1, -0.05) is 29.8 Å². The molecule has 0 atom stereocenters. The molecule has 2 aromatic rings. The molecule has 0 fully saturated rings. The summed E-state index contributed by atoms with van der Waals surface area (Å²) in [6.45, 7) is 1.08. The molecule has 1 aliphatic rings. The highest BCUT2D eigenvalue weighted by Gasteiger charge is 2.15. The molecule has 0 saturated carbocycles. The molecular weight excluding hydrogens is 316 g/mol. The average Bonchev–Trinajstić information content (AvgIpc) is 2.97. The summed E-state index contributed by atoms with van der Waals surface area (Å²) in [7, 11) is 1.88. The van der Waals surface area contributed by atoms with Crippen molar-refractivity contribution in [1.29, 1.82) is 0 Å². The lowest BCUT2D eigenvalue weighted by Gasteiger charge is -2.17. The van der Waals surface area contributed by atoms with E-state index in [0.717, 1.165) is 5.56 Å². The SMILES string of the molecule is CN(CC(=O)Nc1ccc2c(c1)OCO2)Cc1ccccc1Cl. The van der Waals surface area contributed by atoms with Crippen LogP contribution in [0.2, 0.25) is 5.02 Å². The minimum atomic E-state index is -0.0987. The second-order valence-electron chi connectivity index (χ2n) is 5.38. The second kappa shape index (κ2) is 6.89. The molecule has 0 aliphatic carbocycles. The highest BCUT2D eigenvalue weighted by Crippen LogP contribution is 2.34. The third kappa shape index (κ3) is 3.94. The zero-order valence-corrected chi connectivity index (χ0v) is 13.5. The standard InChI is InChI=1S/C17H17ClN2O3/c1-20(9-12-4-2-3-5-14(12)18)10-17(21)19-13-6-7-15-16(8-13)23-11-22-15/h2-8H,9-11H2,1H3,(H,19,21). The first kappa shape index (κ1) is 15.6. The lowest BCUT2D eigenvalue weighted by molar-refractivity contribution is -0.117. The molecule has 120 valence electrons. The maximum absolute atomic E-state index is 12.1. The quantitative estimate of drug-likeness (QED) is 0.914. The largest absolute Gasteiger partial charge is 0.454 e. The number of anilines is 1. The van der Waals surface area contributed by atoms with E-state index in [-0.39, 0.29) is 19.2 Å². The van der Waals surface area contributed by atoms with Crippen LogP contribution in [-0.2, 0) is 11.3 Å². The Kier molecular flexibility index (Phi) is 4.69. The monoisotopic (exact) mass is 332 g/mol. The molecule has 1 heterocycles. The number of fused-ring (bicyclic) bond motifs is 1. The van der Waals surface area contributed by atoms with Crippen LogP contribution < -0.4 is 14.8 Å². The Hall–Kier alpha value is -2.24. The predicted octanol–water partition coefficient (Wildman–Crippen LogP) is 3.14. The van der Waals surface area contributed by atoms with Crippen molar-refractivity contribution >= 4 is 23.2 Å². The van der Waals surface area contributed by atoms with Crippen LogP contribution in [0.1, 0.15) is 5.56 Å². The molecule has 1 N–H and O–H groups in total. The van der Waals surface area contributed by atoms with Gasteiger partial charge in [0.25, 0.3) is 0 Å². The van der Waals surface area contributed by atoms with E-state index in [1.807, 2.05) is 36.2 Å². The summed E-state index contributed by atoms with van der Waals surface area (Å²) in [6, 6.07) is 12.9. The van der Waals surface area contributed by atoms with E-state index in [0.29, 0.717) is 28.8 Å². The van der Waals surface area contributed by atoms with Gasteiger partial charge >= 0.3 is 0 Å². The van der Waals surface area contributed by atoms with Crippen LogP contribution >= 0.6 is 11.6 Å². The van der Waals surface area contributed by atoms with Crippen LogP contribution in [0.3, 0.4) is 0 Å². The highest BCUT2D eigenvalue weighted by atomic mass is 35.5. The molecule has 6 heteroatoms. The summed E-state index contributed by atoms with van der Waals surface area (Å²) < 4.78 is 10.5. The predicted molar refractivity (Wildman–Crippen MR) is 89.0 cm³/mol. The van der Waals surface area contributed by atoms with Gasteiger partial charge in [0.2, 0.25) is 12.7 Å². The van der Waals surface area contributed by atoms with Gasteiger partial charge in [0.05, 0.1) is 6.54 Å². The summed E-state index contributed by atoms with van der Waals surface area (Å²) in [6.07, 6.45) is 0. The Balaban J connectivity index is 1.55. The number of ether oxygens (including phenoxy) is 2. The molecule has 5 nitrogen and oxygen atoms in total. The fourth-order valence-electron chi connectivity index (χ4n) is 2.39. The maximum Gasteiger partial charge on any atom is 0.238 e. The van der Waals surface area contributed by atoms with Crippen molar-refractivity contribution in [2.24, 2.45) is 0 Å². The van der Waals surface area contributed by atoms with Crippen LogP contribution in [0.15, 0.2) is 42.5 Å². The van der Waals surface area contributed by atoms with Crippen molar-refractivity contribution in [2.45, 2.75) is 6.54 Å². The van der Waals surface area contributed by atoms with Crippen molar-refractivity contribution in [3.05, 3.63) is 53.1 Å². The molecule has 1 amide bonds. The smallest absolute Gasteiger partial charge is 0.238 e. The number of likely N-dealkylation sites (N-methyl/N-ethyl adjacent to an activating group) is 1. The van der Waals surface area contributed by atoms with Crippen molar-refractivity contribution in [3.8, 4) is 11.5 Å². The number of benzene rings is 2. The van der Waals surface area contributed by atoms with E-state index >= 15 is 0 Å². The number of amides is 1. The number of nitrogens with one attached hydrogen (secondary N) is 1. The zero-order valence-electron chi connectivity index (χ0n) is 12.7. The summed E-state index contributed by atoms with van der Waals surface area (Å²) in [5.74, 6) is 1.24. The number of hydrogen-bond acceptors (Lipinski definition) is 4. The van der Waals surface area contributed by atoms with Crippen molar-refractivity contribution in [2.75, 3.05) is 25.7 Å². The van der Waals surface area contributed by atoms with Gasteiger partial charge in [-0.05, 0) is 30.8 Å². The third-order valence-electron chi connectivity index (χ3n) is 3.47. The highest BCUT2D eigenvalue weighted by molar-refractivity contribution is 6.31. The van der Waals surface area contributed by atoms with Gasteiger partial charge in [-0.3, -0.25) is 9.69 Å². The van der Waals surface area contributed by atoms with E-state index in [1.165, 1.54) is 0 Å². The number of carbonyl (C=O) groups is 1. The van der Waals surface area contributed by atoms with Crippen LogP contribution in [0.4, 0.5) is 5.69 Å². The van der Waals surface area contributed by atoms with E-state index in [2.05, 4.69) is 5.32 Å². The van der Waals surface area contributed by atoms with Gasteiger partial charge in [0, 0.05) is 23.3 Å². The normalized spacial score (nSPS) is 12.5. The first-order chi connectivity index (χ1) is 11.1. The van der Waals surface area contributed by atoms with E-state index < -0.39 is 0 Å². The Morgan fingerprint density at radius 1 is 1.22 bits per heavy atom. The number of hydrogen-bond donors (Lipinski definition) is 1. The van der Waals surface area contributed by atoms with E-state index in [4.69, 9.17) is 21.1 Å². The fraction of sp³-hybridized carbons (Fsp3) is 0.235. The van der Waals surface area contributed by atoms with E-state index in [9.17, 15) is 4.79 Å². The molecule has 0 saturated heterocycles. The van der Waals surface area contributed by atoms with Gasteiger partial charge < -0.3 is 14.8 Å². The molecule has 0 spiro atoms. The van der Waals surface area contributed by atoms with Gasteiger partial charge in [-0.25, -0.2) is 0 Å². The molecule has 0 bridgehead atoms. The maximum atomic E-state index is 12.1. The Morgan fingerprint density at radius 2 is 2.00 bits per heavy atom. The minimum absolute atomic E-state index is 0.0987. The topological polar surface area (TPSA) is 50.8 Å². The summed E-state index contributed by atoms with van der Waals surface area (Å²) in [5.41, 5.74) is 1.68. The van der Waals surface area contributed by atoms with Crippen LogP contribution in [0.25, 0.3) is 0 Å². The van der Waals surface area contributed by atoms with Crippen LogP contribution in [0, 0.1) is 0 Å². The summed E-state index contributed by atoms with van der Waals surface area (Å²) in [5, 5.41) is 3.56. The molecule has 0 aromatic heterocycles. The fourth-order valence-corrected chi connectivity index (χ4v) is 2.59. The second-order valence-corrected chi connectivity index (χ2v) is 5.79. The Bertz CT molecular complexity index is 721. The minimum Gasteiger partial charge on any atom is -0.454 e. The first-order valence-corrected chi connectivity index (χ1v) is 7.61. The Labute approximate surface area is 139 Å². The molecule has 1 aliphatic heterocycles. The van der Waals surface area contributed by atoms with Crippen LogP contribution in [0.5, 0.6) is 11.5 Å². The van der Waals surface area contributed by atoms with Gasteiger partial charge in [0.1, 0.15) is 0 Å². The number of halogens is 1. The summed E-state index contributed by atoms with van der Waals surface area (Å²) >= 11 is 6.14. The average molecular weight is 333 g/mol. The molecule has 3 rings (SSSR count). The van der Waals surface area contributed by atoms with Gasteiger partial charge in [-0.2, -0.15) is 0 Å². The Morgan fingerprint density at radius 3 is 2.83 bits per heavy atom. The molecule has 2 aromatic carbocycles. The van der Waals surface area contributed by atoms with Crippen molar-refractivity contribution in [3.63, 3.8) is 0 Å². The molecule has 0 radical (unpaired) electrons. The number of rotatable bonds is 5. The van der Waals surface area contributed by atoms with Gasteiger partial charge in [-0.15, -0.1) is 0 Å². The summed E-state index contributed by atoms with van der Waals surface area (Å²) in [4.78, 5) is 14.0. The number of carbonyl (C=O) groups excluding carboxylic acids is 1. The van der Waals surface area contributed by atoms with Gasteiger partial charge in [0.15, 0.2) is 11.5 Å². The first-order valence-electron chi connectivity index (χ1n) is 7.23. The van der Waals surface area contributed by atoms with Crippen molar-refractivity contribution < 1.29 is 14.3 Å². The van der Waals surface area contributed by atoms with E-state index in [1.54, 1.807) is 18.2 Å². The number of nitrogens with zero attached hydrogens (tertiary/aromatic N) is 1. The molecule has 0 unspecified atom stereocenters. The third-order valence-corrected chi connectivity index (χ3v) is 3.84. The lowest BCUT2D eigenvalue weighted by atomic mass is 10.2. The molecular formula is C17H17ClN2O3. The lowest BCUT2D eigenvalue weighted by Crippen LogP contribution is -2.29.